The fourth-order valence-corrected chi connectivity index (χ4v) is 2.32. The molecule has 0 atom stereocenters. The maximum Gasteiger partial charge on any atom is 0.267 e. The van der Waals surface area contributed by atoms with Crippen LogP contribution in [0.1, 0.15) is 5.56 Å². The first kappa shape index (κ1) is 14.5. The van der Waals surface area contributed by atoms with Crippen molar-refractivity contribution in [1.29, 1.82) is 0 Å². The molecule has 0 N–H and O–H groups in total. The highest BCUT2D eigenvalue weighted by molar-refractivity contribution is 6.31. The molecule has 22 heavy (non-hydrogen) atoms. The van der Waals surface area contributed by atoms with Gasteiger partial charge in [0.05, 0.1) is 12.2 Å². The Morgan fingerprint density at radius 3 is 2.45 bits per heavy atom. The molecule has 3 rings (SSSR count). The lowest BCUT2D eigenvalue weighted by molar-refractivity contribution is 0.627. The van der Waals surface area contributed by atoms with E-state index >= 15 is 0 Å². The molecule has 0 unspecified atom stereocenters. The Hall–Kier alpha value is -2.46. The molecule has 0 amide bonds. The number of benzene rings is 2. The van der Waals surface area contributed by atoms with Crippen molar-refractivity contribution in [3.63, 3.8) is 0 Å². The maximum atomic E-state index is 13.0. The Morgan fingerprint density at radius 2 is 1.73 bits per heavy atom. The summed E-state index contributed by atoms with van der Waals surface area (Å²) in [5.41, 5.74) is 1.95. The molecule has 0 saturated heterocycles. The van der Waals surface area contributed by atoms with Crippen LogP contribution in [0.3, 0.4) is 0 Å². The summed E-state index contributed by atoms with van der Waals surface area (Å²) < 4.78 is 14.3. The normalized spacial score (nSPS) is 10.6. The van der Waals surface area contributed by atoms with Crippen molar-refractivity contribution in [2.75, 3.05) is 0 Å². The third-order valence-electron chi connectivity index (χ3n) is 3.28. The minimum Gasteiger partial charge on any atom is -0.268 e. The van der Waals surface area contributed by atoms with Gasteiger partial charge in [0.2, 0.25) is 0 Å². The first-order valence-corrected chi connectivity index (χ1v) is 7.09. The smallest absolute Gasteiger partial charge is 0.267 e. The topological polar surface area (TPSA) is 34.9 Å². The molecule has 0 aliphatic carbocycles. The van der Waals surface area contributed by atoms with Crippen LogP contribution in [-0.4, -0.2) is 9.78 Å². The molecule has 3 aromatic rings. The molecule has 5 heteroatoms. The second kappa shape index (κ2) is 6.12. The van der Waals surface area contributed by atoms with E-state index < -0.39 is 0 Å². The van der Waals surface area contributed by atoms with Gasteiger partial charge in [0.15, 0.2) is 0 Å². The fraction of sp³-hybridized carbons (Fsp3) is 0.0588. The van der Waals surface area contributed by atoms with Crippen LogP contribution in [0.5, 0.6) is 0 Å². The van der Waals surface area contributed by atoms with E-state index in [4.69, 9.17) is 11.6 Å². The molecule has 1 heterocycles. The number of rotatable bonds is 3. The summed E-state index contributed by atoms with van der Waals surface area (Å²) in [6.45, 7) is 0.285. The van der Waals surface area contributed by atoms with Crippen molar-refractivity contribution in [1.82, 2.24) is 9.78 Å². The minimum atomic E-state index is -0.312. The molecule has 0 aliphatic rings. The Labute approximate surface area is 131 Å². The van der Waals surface area contributed by atoms with E-state index in [0.717, 1.165) is 11.1 Å². The Morgan fingerprint density at radius 1 is 1.00 bits per heavy atom. The quantitative estimate of drug-likeness (QED) is 0.738. The fourth-order valence-electron chi connectivity index (χ4n) is 2.12. The van der Waals surface area contributed by atoms with E-state index in [0.29, 0.717) is 10.7 Å². The van der Waals surface area contributed by atoms with E-state index in [1.165, 1.54) is 22.9 Å². The second-order valence-corrected chi connectivity index (χ2v) is 5.22. The zero-order valence-corrected chi connectivity index (χ0v) is 12.3. The third kappa shape index (κ3) is 3.07. The number of halogens is 2. The van der Waals surface area contributed by atoms with Gasteiger partial charge in [-0.15, -0.1) is 0 Å². The lowest BCUT2D eigenvalue weighted by atomic mass is 10.1. The summed E-state index contributed by atoms with van der Waals surface area (Å²) in [5.74, 6) is -0.312. The summed E-state index contributed by atoms with van der Waals surface area (Å²) >= 11 is 6.12. The van der Waals surface area contributed by atoms with Crippen LogP contribution in [0, 0.1) is 5.82 Å². The summed E-state index contributed by atoms with van der Waals surface area (Å²) in [4.78, 5) is 12.0. The van der Waals surface area contributed by atoms with Crippen molar-refractivity contribution in [2.24, 2.45) is 0 Å². The highest BCUT2D eigenvalue weighted by Crippen LogP contribution is 2.18. The predicted octanol–water partition coefficient (Wildman–Crippen LogP) is 3.75. The zero-order chi connectivity index (χ0) is 15.5. The van der Waals surface area contributed by atoms with Gasteiger partial charge in [-0.25, -0.2) is 9.07 Å². The van der Waals surface area contributed by atoms with Crippen LogP contribution in [0.25, 0.3) is 11.3 Å². The van der Waals surface area contributed by atoms with Crippen LogP contribution in [0.4, 0.5) is 4.39 Å². The Kier molecular flexibility index (Phi) is 4.02. The average molecular weight is 315 g/mol. The van der Waals surface area contributed by atoms with Gasteiger partial charge in [0, 0.05) is 16.7 Å². The summed E-state index contributed by atoms with van der Waals surface area (Å²) in [5, 5.41) is 4.92. The molecule has 0 fully saturated rings. The van der Waals surface area contributed by atoms with Crippen LogP contribution in [0.15, 0.2) is 65.5 Å². The van der Waals surface area contributed by atoms with Crippen molar-refractivity contribution in [3.8, 4) is 11.3 Å². The Balaban J connectivity index is 1.98. The third-order valence-corrected chi connectivity index (χ3v) is 3.65. The van der Waals surface area contributed by atoms with Gasteiger partial charge in [-0.3, -0.25) is 4.79 Å². The number of nitrogens with zero attached hydrogens (tertiary/aromatic N) is 2. The van der Waals surface area contributed by atoms with Crippen LogP contribution >= 0.6 is 11.6 Å². The highest BCUT2D eigenvalue weighted by atomic mass is 35.5. The molecule has 0 aliphatic heterocycles. The van der Waals surface area contributed by atoms with Gasteiger partial charge in [0.25, 0.3) is 5.56 Å². The van der Waals surface area contributed by atoms with Gasteiger partial charge >= 0.3 is 0 Å². The molecule has 0 bridgehead atoms. The number of hydrogen-bond acceptors (Lipinski definition) is 2. The zero-order valence-electron chi connectivity index (χ0n) is 11.5. The van der Waals surface area contributed by atoms with Gasteiger partial charge in [-0.05, 0) is 42.0 Å². The molecule has 0 spiro atoms. The SMILES string of the molecule is O=c1ccc(-c2ccc(F)cc2)nn1Cc1ccccc1Cl. The minimum absolute atomic E-state index is 0.217. The van der Waals surface area contributed by atoms with E-state index in [1.807, 2.05) is 18.2 Å². The van der Waals surface area contributed by atoms with Gasteiger partial charge < -0.3 is 0 Å². The lowest BCUT2D eigenvalue weighted by Gasteiger charge is -2.08. The molecule has 110 valence electrons. The first-order valence-electron chi connectivity index (χ1n) is 6.71. The average Bonchev–Trinajstić information content (AvgIpc) is 2.52. The van der Waals surface area contributed by atoms with Crippen LogP contribution in [0.2, 0.25) is 5.02 Å². The summed E-state index contributed by atoms with van der Waals surface area (Å²) in [6, 6.07) is 16.4. The van der Waals surface area contributed by atoms with Gasteiger partial charge in [0.1, 0.15) is 5.82 Å². The van der Waals surface area contributed by atoms with Gasteiger partial charge in [-0.1, -0.05) is 29.8 Å². The highest BCUT2D eigenvalue weighted by Gasteiger charge is 2.06. The van der Waals surface area contributed by atoms with E-state index in [2.05, 4.69) is 5.10 Å². The van der Waals surface area contributed by atoms with Crippen molar-refractivity contribution >= 4 is 11.6 Å². The van der Waals surface area contributed by atoms with E-state index in [9.17, 15) is 9.18 Å². The lowest BCUT2D eigenvalue weighted by Crippen LogP contribution is -2.23. The largest absolute Gasteiger partial charge is 0.268 e. The molecule has 0 radical (unpaired) electrons. The van der Waals surface area contributed by atoms with Crippen molar-refractivity contribution < 1.29 is 4.39 Å². The monoisotopic (exact) mass is 314 g/mol. The Bertz CT molecular complexity index is 859. The van der Waals surface area contributed by atoms with Crippen molar-refractivity contribution in [2.45, 2.75) is 6.54 Å². The molecule has 3 nitrogen and oxygen atoms in total. The standard InChI is InChI=1S/C17H12ClFN2O/c18-15-4-2-1-3-13(15)11-21-17(22)10-9-16(20-21)12-5-7-14(19)8-6-12/h1-10H,11H2. The maximum absolute atomic E-state index is 13.0. The van der Waals surface area contributed by atoms with Crippen LogP contribution in [-0.2, 0) is 6.54 Å². The number of hydrogen-bond donors (Lipinski definition) is 0. The molecule has 0 saturated carbocycles. The summed E-state index contributed by atoms with van der Waals surface area (Å²) in [6.07, 6.45) is 0. The summed E-state index contributed by atoms with van der Waals surface area (Å²) in [7, 11) is 0. The second-order valence-electron chi connectivity index (χ2n) is 4.81. The molecular formula is C17H12ClFN2O. The van der Waals surface area contributed by atoms with Gasteiger partial charge in [-0.2, -0.15) is 5.10 Å². The van der Waals surface area contributed by atoms with E-state index in [-0.39, 0.29) is 17.9 Å². The molecule has 1 aromatic heterocycles. The molecule has 2 aromatic carbocycles. The predicted molar refractivity (Wildman–Crippen MR) is 84.4 cm³/mol. The first-order chi connectivity index (χ1) is 10.6. The number of aromatic nitrogens is 2. The van der Waals surface area contributed by atoms with Crippen molar-refractivity contribution in [3.05, 3.63) is 87.4 Å². The van der Waals surface area contributed by atoms with Crippen LogP contribution < -0.4 is 5.56 Å². The van der Waals surface area contributed by atoms with E-state index in [1.54, 1.807) is 24.3 Å². The molecular weight excluding hydrogens is 303 g/mol.